The summed E-state index contributed by atoms with van der Waals surface area (Å²) < 4.78 is 1.69. The van der Waals surface area contributed by atoms with Gasteiger partial charge in [-0.2, -0.15) is 5.10 Å². The van der Waals surface area contributed by atoms with Gasteiger partial charge in [-0.05, 0) is 18.2 Å². The summed E-state index contributed by atoms with van der Waals surface area (Å²) in [6, 6.07) is 8.95. The van der Waals surface area contributed by atoms with Gasteiger partial charge in [0.05, 0.1) is 30.0 Å². The summed E-state index contributed by atoms with van der Waals surface area (Å²) in [7, 11) is 1.83. The second-order valence-electron chi connectivity index (χ2n) is 4.66. The fraction of sp³-hybridized carbons (Fsp3) is 0.214. The van der Waals surface area contributed by atoms with Gasteiger partial charge < -0.3 is 10.2 Å². The molecule has 1 N–H and O–H groups in total. The first-order valence-electron chi connectivity index (χ1n) is 6.31. The van der Waals surface area contributed by atoms with Crippen LogP contribution in [0.15, 0.2) is 36.5 Å². The number of carbonyl (C=O) groups excluding carboxylic acids is 2. The molecule has 1 aromatic carbocycles. The summed E-state index contributed by atoms with van der Waals surface area (Å²) in [4.78, 5) is 25.7. The van der Waals surface area contributed by atoms with Gasteiger partial charge in [-0.25, -0.2) is 0 Å². The number of hydrogen-bond donors (Lipinski definition) is 1. The van der Waals surface area contributed by atoms with Crippen LogP contribution >= 0.6 is 0 Å². The number of anilines is 1. The minimum Gasteiger partial charge on any atom is -0.343 e. The Labute approximate surface area is 116 Å². The molecule has 0 radical (unpaired) electrons. The zero-order valence-electron chi connectivity index (χ0n) is 11.0. The lowest BCUT2D eigenvalue weighted by Gasteiger charge is -2.20. The molecule has 1 aromatic heterocycles. The number of amides is 2. The van der Waals surface area contributed by atoms with Crippen molar-refractivity contribution in [2.24, 2.45) is 7.05 Å². The monoisotopic (exact) mass is 270 g/mol. The van der Waals surface area contributed by atoms with E-state index in [4.69, 9.17) is 0 Å². The molecule has 0 bridgehead atoms. The maximum atomic E-state index is 12.2. The van der Waals surface area contributed by atoms with Crippen LogP contribution in [-0.2, 0) is 18.4 Å². The van der Waals surface area contributed by atoms with E-state index in [2.05, 4.69) is 10.4 Å². The Morgan fingerprint density at radius 1 is 1.25 bits per heavy atom. The fourth-order valence-corrected chi connectivity index (χ4v) is 2.26. The molecule has 2 aromatic rings. The number of hydrogen-bond acceptors (Lipinski definition) is 3. The molecule has 20 heavy (non-hydrogen) atoms. The van der Waals surface area contributed by atoms with Crippen LogP contribution in [0.3, 0.4) is 0 Å². The highest BCUT2D eigenvalue weighted by atomic mass is 16.2. The minimum atomic E-state index is -0.225. The highest BCUT2D eigenvalue weighted by Crippen LogP contribution is 2.24. The average Bonchev–Trinajstić information content (AvgIpc) is 2.82. The summed E-state index contributed by atoms with van der Waals surface area (Å²) in [5, 5.41) is 6.89. The molecule has 0 saturated carbocycles. The number of nitrogens with zero attached hydrogens (tertiary/aromatic N) is 3. The summed E-state index contributed by atoms with van der Waals surface area (Å²) in [5.41, 5.74) is 1.91. The highest BCUT2D eigenvalue weighted by molar-refractivity contribution is 6.09. The van der Waals surface area contributed by atoms with Crippen molar-refractivity contribution in [3.8, 4) is 0 Å². The van der Waals surface area contributed by atoms with Gasteiger partial charge in [0.1, 0.15) is 0 Å². The second kappa shape index (κ2) is 4.80. The quantitative estimate of drug-likeness (QED) is 0.873. The van der Waals surface area contributed by atoms with Gasteiger partial charge >= 0.3 is 0 Å². The first-order chi connectivity index (χ1) is 9.65. The van der Waals surface area contributed by atoms with Crippen molar-refractivity contribution in [3.63, 3.8) is 0 Å². The van der Waals surface area contributed by atoms with Crippen LogP contribution in [0, 0.1) is 0 Å². The molecule has 0 unspecified atom stereocenters. The van der Waals surface area contributed by atoms with Crippen molar-refractivity contribution in [1.29, 1.82) is 0 Å². The molecular weight excluding hydrogens is 256 g/mol. The number of nitrogens with one attached hydrogen (secondary N) is 1. The Morgan fingerprint density at radius 2 is 2.05 bits per heavy atom. The van der Waals surface area contributed by atoms with Crippen molar-refractivity contribution < 1.29 is 9.59 Å². The van der Waals surface area contributed by atoms with Crippen LogP contribution < -0.4 is 10.2 Å². The molecule has 0 fully saturated rings. The third kappa shape index (κ3) is 2.16. The van der Waals surface area contributed by atoms with E-state index in [9.17, 15) is 9.59 Å². The number of rotatable bonds is 2. The topological polar surface area (TPSA) is 67.2 Å². The number of aryl methyl sites for hydroxylation is 1. The molecule has 2 heterocycles. The SMILES string of the molecule is Cn1ccc(CN2C(=O)CNC(=O)c3ccccc32)n1. The van der Waals surface area contributed by atoms with E-state index < -0.39 is 0 Å². The van der Waals surface area contributed by atoms with Crippen molar-refractivity contribution in [1.82, 2.24) is 15.1 Å². The Balaban J connectivity index is 2.01. The predicted octanol–water partition coefficient (Wildman–Crippen LogP) is 0.697. The van der Waals surface area contributed by atoms with Gasteiger partial charge in [0.25, 0.3) is 5.91 Å². The Bertz CT molecular complexity index is 677. The molecule has 0 spiro atoms. The Morgan fingerprint density at radius 3 is 2.80 bits per heavy atom. The van der Waals surface area contributed by atoms with Crippen LogP contribution in [-0.4, -0.2) is 28.1 Å². The maximum Gasteiger partial charge on any atom is 0.253 e. The molecule has 2 amide bonds. The lowest BCUT2D eigenvalue weighted by Crippen LogP contribution is -2.36. The van der Waals surface area contributed by atoms with Crippen molar-refractivity contribution in [2.75, 3.05) is 11.4 Å². The van der Waals surface area contributed by atoms with Gasteiger partial charge in [0, 0.05) is 13.2 Å². The lowest BCUT2D eigenvalue weighted by molar-refractivity contribution is -0.117. The summed E-state index contributed by atoms with van der Waals surface area (Å²) in [5.74, 6) is -0.369. The van der Waals surface area contributed by atoms with E-state index >= 15 is 0 Å². The first-order valence-corrected chi connectivity index (χ1v) is 6.31. The van der Waals surface area contributed by atoms with Crippen LogP contribution in [0.1, 0.15) is 16.1 Å². The maximum absolute atomic E-state index is 12.2. The molecule has 0 atom stereocenters. The molecule has 0 aliphatic carbocycles. The highest BCUT2D eigenvalue weighted by Gasteiger charge is 2.26. The van der Waals surface area contributed by atoms with Crippen molar-refractivity contribution in [2.45, 2.75) is 6.54 Å². The van der Waals surface area contributed by atoms with Crippen LogP contribution in [0.5, 0.6) is 0 Å². The lowest BCUT2D eigenvalue weighted by atomic mass is 10.1. The second-order valence-corrected chi connectivity index (χ2v) is 4.66. The summed E-state index contributed by atoms with van der Waals surface area (Å²) >= 11 is 0. The van der Waals surface area contributed by atoms with E-state index in [-0.39, 0.29) is 18.4 Å². The smallest absolute Gasteiger partial charge is 0.253 e. The van der Waals surface area contributed by atoms with E-state index in [0.717, 1.165) is 5.69 Å². The third-order valence-corrected chi connectivity index (χ3v) is 3.23. The van der Waals surface area contributed by atoms with E-state index in [0.29, 0.717) is 17.8 Å². The van der Waals surface area contributed by atoms with Crippen molar-refractivity contribution >= 4 is 17.5 Å². The van der Waals surface area contributed by atoms with Gasteiger partial charge in [-0.1, -0.05) is 12.1 Å². The van der Waals surface area contributed by atoms with Crippen LogP contribution in [0.25, 0.3) is 0 Å². The predicted molar refractivity (Wildman–Crippen MR) is 73.2 cm³/mol. The Kier molecular flexibility index (Phi) is 2.98. The third-order valence-electron chi connectivity index (χ3n) is 3.23. The van der Waals surface area contributed by atoms with Gasteiger partial charge in [0.2, 0.25) is 5.91 Å². The number of benzene rings is 1. The molecule has 102 valence electrons. The standard InChI is InChI=1S/C14H14N4O2/c1-17-7-6-10(16-17)9-18-12-5-3-2-4-11(12)14(20)15-8-13(18)19/h2-7H,8-9H2,1H3,(H,15,20). The van der Waals surface area contributed by atoms with E-state index in [1.54, 1.807) is 27.8 Å². The van der Waals surface area contributed by atoms with E-state index in [1.165, 1.54) is 0 Å². The molecular formula is C14H14N4O2. The molecule has 6 heteroatoms. The Hall–Kier alpha value is -2.63. The van der Waals surface area contributed by atoms with Gasteiger partial charge in [-0.15, -0.1) is 0 Å². The van der Waals surface area contributed by atoms with E-state index in [1.807, 2.05) is 25.4 Å². The molecule has 1 aliphatic rings. The van der Waals surface area contributed by atoms with Crippen LogP contribution in [0.4, 0.5) is 5.69 Å². The zero-order valence-corrected chi connectivity index (χ0v) is 11.0. The average molecular weight is 270 g/mol. The molecule has 3 rings (SSSR count). The summed E-state index contributed by atoms with van der Waals surface area (Å²) in [6.07, 6.45) is 1.83. The van der Waals surface area contributed by atoms with Crippen LogP contribution in [0.2, 0.25) is 0 Å². The van der Waals surface area contributed by atoms with Crippen molar-refractivity contribution in [3.05, 3.63) is 47.8 Å². The summed E-state index contributed by atoms with van der Waals surface area (Å²) in [6.45, 7) is 0.353. The minimum absolute atomic E-state index is 0.000344. The fourth-order valence-electron chi connectivity index (χ4n) is 2.26. The number of aromatic nitrogens is 2. The first kappa shape index (κ1) is 12.4. The largest absolute Gasteiger partial charge is 0.343 e. The number of fused-ring (bicyclic) bond motifs is 1. The normalized spacial score (nSPS) is 14.8. The molecule has 1 aliphatic heterocycles. The van der Waals surface area contributed by atoms with Gasteiger partial charge in [-0.3, -0.25) is 14.3 Å². The number of para-hydroxylation sites is 1. The molecule has 6 nitrogen and oxygen atoms in total. The zero-order chi connectivity index (χ0) is 14.1. The molecule has 0 saturated heterocycles. The van der Waals surface area contributed by atoms with Gasteiger partial charge in [0.15, 0.2) is 0 Å². The number of carbonyl (C=O) groups is 2.